The SMILES string of the molecule is CC(=O)NC12CCC3CC(CC(C3)C1)C2. The van der Waals surface area contributed by atoms with Gasteiger partial charge < -0.3 is 5.32 Å². The van der Waals surface area contributed by atoms with Gasteiger partial charge in [0.25, 0.3) is 0 Å². The van der Waals surface area contributed by atoms with E-state index >= 15 is 0 Å². The summed E-state index contributed by atoms with van der Waals surface area (Å²) in [6.45, 7) is 1.67. The average Bonchev–Trinajstić information content (AvgIpc) is 2.29. The summed E-state index contributed by atoms with van der Waals surface area (Å²) in [5, 5.41) is 3.28. The van der Waals surface area contributed by atoms with Crippen molar-refractivity contribution >= 4 is 5.91 Å². The van der Waals surface area contributed by atoms with Crippen LogP contribution in [0.25, 0.3) is 0 Å². The summed E-state index contributed by atoms with van der Waals surface area (Å²) in [5.74, 6) is 2.98. The van der Waals surface area contributed by atoms with E-state index in [0.29, 0.717) is 0 Å². The predicted octanol–water partition coefficient (Wildman–Crippen LogP) is 2.48. The highest BCUT2D eigenvalue weighted by Crippen LogP contribution is 2.52. The van der Waals surface area contributed by atoms with Crippen molar-refractivity contribution in [1.82, 2.24) is 5.32 Å². The second-order valence-electron chi connectivity index (χ2n) is 6.21. The zero-order chi connectivity index (χ0) is 10.5. The molecule has 1 N–H and O–H groups in total. The number of fused-ring (bicyclic) bond motifs is 1. The van der Waals surface area contributed by atoms with Gasteiger partial charge in [0, 0.05) is 12.5 Å². The van der Waals surface area contributed by atoms with Gasteiger partial charge in [-0.15, -0.1) is 0 Å². The number of hydrogen-bond donors (Lipinski definition) is 1. The molecular formula is C13H21NO. The van der Waals surface area contributed by atoms with Crippen LogP contribution in [0.5, 0.6) is 0 Å². The number of rotatable bonds is 1. The van der Waals surface area contributed by atoms with E-state index in [1.807, 2.05) is 0 Å². The van der Waals surface area contributed by atoms with Gasteiger partial charge in [-0.2, -0.15) is 0 Å². The molecule has 84 valence electrons. The predicted molar refractivity (Wildman–Crippen MR) is 59.3 cm³/mol. The summed E-state index contributed by atoms with van der Waals surface area (Å²) in [4.78, 5) is 11.3. The van der Waals surface area contributed by atoms with Crippen molar-refractivity contribution in [2.45, 2.75) is 57.4 Å². The highest BCUT2D eigenvalue weighted by molar-refractivity contribution is 5.73. The Bertz CT molecular complexity index is 272. The van der Waals surface area contributed by atoms with Crippen molar-refractivity contribution < 1.29 is 4.79 Å². The standard InChI is InChI=1S/C13H21NO/c1-9(15)14-13-3-2-10-4-11(7-13)6-12(5-10)8-13/h10-12H,2-8H2,1H3,(H,14,15). The largest absolute Gasteiger partial charge is 0.351 e. The molecule has 0 aliphatic heterocycles. The summed E-state index contributed by atoms with van der Waals surface area (Å²) in [6, 6.07) is 0. The van der Waals surface area contributed by atoms with E-state index < -0.39 is 0 Å². The molecule has 2 nitrogen and oxygen atoms in total. The van der Waals surface area contributed by atoms with E-state index in [2.05, 4.69) is 5.32 Å². The maximum atomic E-state index is 11.3. The molecule has 4 rings (SSSR count). The molecule has 0 aromatic rings. The third-order valence-corrected chi connectivity index (χ3v) is 4.83. The third kappa shape index (κ3) is 1.68. The van der Waals surface area contributed by atoms with E-state index in [1.165, 1.54) is 44.9 Å². The molecule has 2 heteroatoms. The molecule has 0 aromatic carbocycles. The molecular weight excluding hydrogens is 186 g/mol. The van der Waals surface area contributed by atoms with Crippen molar-refractivity contribution in [2.24, 2.45) is 17.8 Å². The number of carbonyl (C=O) groups is 1. The summed E-state index contributed by atoms with van der Waals surface area (Å²) in [7, 11) is 0. The second kappa shape index (κ2) is 3.23. The van der Waals surface area contributed by atoms with Crippen molar-refractivity contribution in [3.63, 3.8) is 0 Å². The minimum Gasteiger partial charge on any atom is -0.351 e. The van der Waals surface area contributed by atoms with Crippen molar-refractivity contribution in [3.8, 4) is 0 Å². The van der Waals surface area contributed by atoms with E-state index in [1.54, 1.807) is 6.92 Å². The van der Waals surface area contributed by atoms with Crippen LogP contribution in [0, 0.1) is 17.8 Å². The number of carbonyl (C=O) groups excluding carboxylic acids is 1. The Kier molecular flexibility index (Phi) is 2.08. The number of amides is 1. The van der Waals surface area contributed by atoms with E-state index in [0.717, 1.165) is 17.8 Å². The lowest BCUT2D eigenvalue weighted by atomic mass is 9.65. The van der Waals surface area contributed by atoms with E-state index in [9.17, 15) is 4.79 Å². The van der Waals surface area contributed by atoms with Gasteiger partial charge in [-0.1, -0.05) is 0 Å². The van der Waals surface area contributed by atoms with Gasteiger partial charge in [-0.3, -0.25) is 4.79 Å². The molecule has 1 amide bonds. The first-order chi connectivity index (χ1) is 7.15. The first kappa shape index (κ1) is 9.68. The highest BCUT2D eigenvalue weighted by Gasteiger charge is 2.47. The molecule has 4 bridgehead atoms. The lowest BCUT2D eigenvalue weighted by Gasteiger charge is -2.45. The molecule has 4 fully saturated rings. The Balaban J connectivity index is 1.86. The molecule has 0 aromatic heterocycles. The topological polar surface area (TPSA) is 29.1 Å². The van der Waals surface area contributed by atoms with Crippen molar-refractivity contribution in [3.05, 3.63) is 0 Å². The fraction of sp³-hybridized carbons (Fsp3) is 0.923. The zero-order valence-corrected chi connectivity index (χ0v) is 9.59. The Morgan fingerprint density at radius 3 is 2.33 bits per heavy atom. The van der Waals surface area contributed by atoms with Gasteiger partial charge in [0.15, 0.2) is 0 Å². The minimum atomic E-state index is 0.176. The van der Waals surface area contributed by atoms with E-state index in [-0.39, 0.29) is 11.4 Å². The smallest absolute Gasteiger partial charge is 0.217 e. The van der Waals surface area contributed by atoms with Crippen LogP contribution >= 0.6 is 0 Å². The lowest BCUT2D eigenvalue weighted by Crippen LogP contribution is -2.52. The van der Waals surface area contributed by atoms with Gasteiger partial charge in [0.1, 0.15) is 0 Å². The molecule has 15 heavy (non-hydrogen) atoms. The minimum absolute atomic E-state index is 0.176. The molecule has 0 radical (unpaired) electrons. The summed E-state index contributed by atoms with van der Waals surface area (Å²) in [5.41, 5.74) is 0.199. The first-order valence-corrected chi connectivity index (χ1v) is 6.44. The molecule has 4 aliphatic rings. The van der Waals surface area contributed by atoms with Crippen LogP contribution in [-0.4, -0.2) is 11.4 Å². The van der Waals surface area contributed by atoms with Crippen LogP contribution in [0.3, 0.4) is 0 Å². The van der Waals surface area contributed by atoms with Crippen LogP contribution in [-0.2, 0) is 4.79 Å². The lowest BCUT2D eigenvalue weighted by molar-refractivity contribution is -0.121. The Morgan fingerprint density at radius 2 is 1.73 bits per heavy atom. The molecule has 4 saturated carbocycles. The van der Waals surface area contributed by atoms with Gasteiger partial charge in [-0.25, -0.2) is 0 Å². The first-order valence-electron chi connectivity index (χ1n) is 6.44. The monoisotopic (exact) mass is 207 g/mol. The average molecular weight is 207 g/mol. The maximum Gasteiger partial charge on any atom is 0.217 e. The summed E-state index contributed by atoms with van der Waals surface area (Å²) < 4.78 is 0. The second-order valence-corrected chi connectivity index (χ2v) is 6.21. The number of nitrogens with one attached hydrogen (secondary N) is 1. The van der Waals surface area contributed by atoms with Gasteiger partial charge in [0.05, 0.1) is 0 Å². The normalized spacial score (nSPS) is 47.7. The molecule has 0 heterocycles. The van der Waals surface area contributed by atoms with Crippen LogP contribution in [0.2, 0.25) is 0 Å². The Morgan fingerprint density at radius 1 is 1.13 bits per heavy atom. The van der Waals surface area contributed by atoms with Gasteiger partial charge in [-0.05, 0) is 62.7 Å². The van der Waals surface area contributed by atoms with Crippen LogP contribution in [0.4, 0.5) is 0 Å². The fourth-order valence-corrected chi connectivity index (χ4v) is 4.68. The van der Waals surface area contributed by atoms with Crippen molar-refractivity contribution in [2.75, 3.05) is 0 Å². The van der Waals surface area contributed by atoms with Crippen LogP contribution < -0.4 is 5.32 Å². The summed E-state index contributed by atoms with van der Waals surface area (Å²) in [6.07, 6.45) is 9.45. The van der Waals surface area contributed by atoms with Crippen LogP contribution in [0.15, 0.2) is 0 Å². The fourth-order valence-electron chi connectivity index (χ4n) is 4.68. The van der Waals surface area contributed by atoms with Crippen molar-refractivity contribution in [1.29, 1.82) is 0 Å². The Hall–Kier alpha value is -0.530. The van der Waals surface area contributed by atoms with Gasteiger partial charge in [0.2, 0.25) is 5.91 Å². The highest BCUT2D eigenvalue weighted by atomic mass is 16.1. The molecule has 4 aliphatic carbocycles. The maximum absolute atomic E-state index is 11.3. The Labute approximate surface area is 91.8 Å². The molecule has 2 atom stereocenters. The zero-order valence-electron chi connectivity index (χ0n) is 9.59. The third-order valence-electron chi connectivity index (χ3n) is 4.83. The molecule has 0 spiro atoms. The molecule has 0 saturated heterocycles. The quantitative estimate of drug-likeness (QED) is 0.703. The van der Waals surface area contributed by atoms with Gasteiger partial charge >= 0.3 is 0 Å². The van der Waals surface area contributed by atoms with Crippen LogP contribution in [0.1, 0.15) is 51.9 Å². The molecule has 2 unspecified atom stereocenters. The van der Waals surface area contributed by atoms with E-state index in [4.69, 9.17) is 0 Å². The summed E-state index contributed by atoms with van der Waals surface area (Å²) >= 11 is 0. The number of hydrogen-bond acceptors (Lipinski definition) is 1.